The second-order valence-electron chi connectivity index (χ2n) is 7.01. The van der Waals surface area contributed by atoms with Crippen molar-refractivity contribution >= 4 is 16.5 Å². The fraction of sp³-hybridized carbons (Fsp3) is 0.688. The van der Waals surface area contributed by atoms with Gasteiger partial charge in [0.05, 0.1) is 11.2 Å². The molecule has 1 aromatic rings. The minimum atomic E-state index is 0.289. The van der Waals surface area contributed by atoms with E-state index in [0.717, 1.165) is 23.3 Å². The van der Waals surface area contributed by atoms with Crippen molar-refractivity contribution in [2.45, 2.75) is 44.6 Å². The van der Waals surface area contributed by atoms with Crippen LogP contribution in [0.5, 0.6) is 0 Å². The summed E-state index contributed by atoms with van der Waals surface area (Å²) in [4.78, 5) is 7.29. The molecule has 0 radical (unpaired) electrons. The molecule has 1 aromatic heterocycles. The Balaban J connectivity index is 1.44. The van der Waals surface area contributed by atoms with E-state index in [1.54, 1.807) is 11.3 Å². The summed E-state index contributed by atoms with van der Waals surface area (Å²) >= 11 is 1.70. The van der Waals surface area contributed by atoms with Crippen molar-refractivity contribution in [2.24, 2.45) is 5.92 Å². The van der Waals surface area contributed by atoms with E-state index in [1.165, 1.54) is 38.2 Å². The molecule has 4 nitrogen and oxygen atoms in total. The Morgan fingerprint density at radius 2 is 2.24 bits per heavy atom. The highest BCUT2D eigenvalue weighted by molar-refractivity contribution is 7.13. The molecule has 3 saturated heterocycles. The first kappa shape index (κ1) is 13.6. The SMILES string of the molecule is CC(C)c1csc(NC2=CC[C@@]3(CN4CCC3CC4)N2)n1. The summed E-state index contributed by atoms with van der Waals surface area (Å²) in [7, 11) is 0. The largest absolute Gasteiger partial charge is 0.365 e. The monoisotopic (exact) mass is 304 g/mol. The van der Waals surface area contributed by atoms with Crippen LogP contribution in [0.1, 0.15) is 44.7 Å². The Kier molecular flexibility index (Phi) is 3.23. The zero-order valence-corrected chi connectivity index (χ0v) is 13.7. The van der Waals surface area contributed by atoms with Crippen molar-refractivity contribution in [3.05, 3.63) is 23.0 Å². The maximum Gasteiger partial charge on any atom is 0.188 e. The minimum absolute atomic E-state index is 0.289. The van der Waals surface area contributed by atoms with E-state index < -0.39 is 0 Å². The van der Waals surface area contributed by atoms with Crippen LogP contribution in [-0.2, 0) is 0 Å². The van der Waals surface area contributed by atoms with E-state index in [2.05, 4.69) is 45.8 Å². The second kappa shape index (κ2) is 4.99. The molecule has 21 heavy (non-hydrogen) atoms. The molecule has 4 aliphatic heterocycles. The third-order valence-electron chi connectivity index (χ3n) is 5.28. The molecule has 0 unspecified atom stereocenters. The molecule has 4 aliphatic rings. The highest BCUT2D eigenvalue weighted by atomic mass is 32.1. The molecule has 1 spiro atoms. The number of anilines is 1. The summed E-state index contributed by atoms with van der Waals surface area (Å²) in [6.07, 6.45) is 6.18. The average Bonchev–Trinajstić information content (AvgIpc) is 3.09. The molecule has 2 bridgehead atoms. The number of hydrogen-bond donors (Lipinski definition) is 2. The summed E-state index contributed by atoms with van der Waals surface area (Å²) in [6, 6.07) is 0. The fourth-order valence-corrected chi connectivity index (χ4v) is 4.89. The third-order valence-corrected chi connectivity index (χ3v) is 6.06. The van der Waals surface area contributed by atoms with Gasteiger partial charge in [-0.05, 0) is 50.3 Å². The van der Waals surface area contributed by atoms with Crippen LogP contribution in [-0.4, -0.2) is 35.1 Å². The van der Waals surface area contributed by atoms with Crippen molar-refractivity contribution < 1.29 is 0 Å². The molecular formula is C16H24N4S. The molecule has 0 aromatic carbocycles. The number of fused-ring (bicyclic) bond motifs is 2. The van der Waals surface area contributed by atoms with Gasteiger partial charge in [0.15, 0.2) is 5.13 Å². The highest BCUT2D eigenvalue weighted by Gasteiger charge is 2.48. The number of aromatic nitrogens is 1. The van der Waals surface area contributed by atoms with Gasteiger partial charge in [0, 0.05) is 11.9 Å². The van der Waals surface area contributed by atoms with Gasteiger partial charge in [0.25, 0.3) is 0 Å². The Bertz CT molecular complexity index is 556. The Morgan fingerprint density at radius 1 is 1.43 bits per heavy atom. The molecule has 0 aliphatic carbocycles. The van der Waals surface area contributed by atoms with E-state index in [9.17, 15) is 0 Å². The molecule has 5 heterocycles. The number of piperidine rings is 3. The van der Waals surface area contributed by atoms with Gasteiger partial charge in [-0.1, -0.05) is 13.8 Å². The quantitative estimate of drug-likeness (QED) is 0.901. The van der Waals surface area contributed by atoms with Crippen molar-refractivity contribution in [2.75, 3.05) is 25.0 Å². The van der Waals surface area contributed by atoms with E-state index in [-0.39, 0.29) is 5.54 Å². The van der Waals surface area contributed by atoms with Gasteiger partial charge in [0.1, 0.15) is 5.82 Å². The van der Waals surface area contributed by atoms with Gasteiger partial charge in [-0.3, -0.25) is 0 Å². The lowest BCUT2D eigenvalue weighted by molar-refractivity contribution is 0.0189. The fourth-order valence-electron chi connectivity index (χ4n) is 4.01. The number of nitrogens with zero attached hydrogens (tertiary/aromatic N) is 2. The van der Waals surface area contributed by atoms with Gasteiger partial charge >= 0.3 is 0 Å². The average molecular weight is 304 g/mol. The van der Waals surface area contributed by atoms with Crippen LogP contribution in [0.15, 0.2) is 17.3 Å². The zero-order valence-electron chi connectivity index (χ0n) is 12.9. The topological polar surface area (TPSA) is 40.2 Å². The molecule has 0 saturated carbocycles. The summed E-state index contributed by atoms with van der Waals surface area (Å²) in [5, 5.41) is 10.5. The van der Waals surface area contributed by atoms with E-state index >= 15 is 0 Å². The van der Waals surface area contributed by atoms with Crippen LogP contribution in [0.4, 0.5) is 5.13 Å². The molecule has 5 rings (SSSR count). The number of hydrogen-bond acceptors (Lipinski definition) is 5. The normalized spacial score (nSPS) is 34.3. The minimum Gasteiger partial charge on any atom is -0.365 e. The first-order valence-corrected chi connectivity index (χ1v) is 8.96. The van der Waals surface area contributed by atoms with E-state index in [4.69, 9.17) is 0 Å². The lowest BCUT2D eigenvalue weighted by Gasteiger charge is -2.52. The molecule has 114 valence electrons. The lowest BCUT2D eigenvalue weighted by Crippen LogP contribution is -2.64. The second-order valence-corrected chi connectivity index (χ2v) is 7.87. The van der Waals surface area contributed by atoms with Crippen LogP contribution in [0, 0.1) is 5.92 Å². The molecule has 5 heteroatoms. The maximum absolute atomic E-state index is 4.67. The molecule has 3 fully saturated rings. The Hall–Kier alpha value is -1.07. The van der Waals surface area contributed by atoms with Crippen molar-refractivity contribution in [1.82, 2.24) is 15.2 Å². The molecular weight excluding hydrogens is 280 g/mol. The number of thiazole rings is 1. The van der Waals surface area contributed by atoms with Crippen LogP contribution in [0.2, 0.25) is 0 Å². The standard InChI is InChI=1S/C16H24N4S/c1-11(2)13-9-21-15(17-13)18-14-3-6-16(19-14)10-20-7-4-12(16)5-8-20/h3,9,11-12,19H,4-8,10H2,1-2H3,(H,17,18)/t16-/m0/s1. The Labute approximate surface area is 130 Å². The van der Waals surface area contributed by atoms with Crippen molar-refractivity contribution in [3.63, 3.8) is 0 Å². The summed E-state index contributed by atoms with van der Waals surface area (Å²) < 4.78 is 0. The summed E-state index contributed by atoms with van der Waals surface area (Å²) in [5.41, 5.74) is 1.47. The zero-order chi connectivity index (χ0) is 14.4. The van der Waals surface area contributed by atoms with Crippen molar-refractivity contribution in [3.8, 4) is 0 Å². The van der Waals surface area contributed by atoms with Gasteiger partial charge < -0.3 is 15.5 Å². The van der Waals surface area contributed by atoms with Crippen LogP contribution < -0.4 is 10.6 Å². The third kappa shape index (κ3) is 2.36. The van der Waals surface area contributed by atoms with Gasteiger partial charge in [-0.25, -0.2) is 4.98 Å². The van der Waals surface area contributed by atoms with Gasteiger partial charge in [0.2, 0.25) is 0 Å². The predicted molar refractivity (Wildman–Crippen MR) is 87.6 cm³/mol. The van der Waals surface area contributed by atoms with Gasteiger partial charge in [-0.15, -0.1) is 11.3 Å². The predicted octanol–water partition coefficient (Wildman–Crippen LogP) is 2.98. The number of nitrogens with one attached hydrogen (secondary N) is 2. The maximum atomic E-state index is 4.67. The van der Waals surface area contributed by atoms with E-state index in [0.29, 0.717) is 5.92 Å². The summed E-state index contributed by atoms with van der Waals surface area (Å²) in [5.74, 6) is 2.49. The van der Waals surface area contributed by atoms with E-state index in [1.807, 2.05) is 0 Å². The van der Waals surface area contributed by atoms with Crippen LogP contribution in [0.3, 0.4) is 0 Å². The Morgan fingerprint density at radius 3 is 2.86 bits per heavy atom. The smallest absolute Gasteiger partial charge is 0.188 e. The first-order chi connectivity index (χ1) is 10.1. The lowest BCUT2D eigenvalue weighted by atomic mass is 9.72. The summed E-state index contributed by atoms with van der Waals surface area (Å²) in [6.45, 7) is 8.17. The molecule has 0 amide bonds. The number of rotatable bonds is 3. The molecule has 2 N–H and O–H groups in total. The van der Waals surface area contributed by atoms with Crippen molar-refractivity contribution in [1.29, 1.82) is 0 Å². The highest BCUT2D eigenvalue weighted by Crippen LogP contribution is 2.41. The van der Waals surface area contributed by atoms with Crippen LogP contribution >= 0.6 is 11.3 Å². The molecule has 1 atom stereocenters. The van der Waals surface area contributed by atoms with Crippen LogP contribution in [0.25, 0.3) is 0 Å². The first-order valence-electron chi connectivity index (χ1n) is 8.08. The van der Waals surface area contributed by atoms with Gasteiger partial charge in [-0.2, -0.15) is 0 Å².